The summed E-state index contributed by atoms with van der Waals surface area (Å²) < 4.78 is 5.54. The summed E-state index contributed by atoms with van der Waals surface area (Å²) in [5.41, 5.74) is 7.62. The predicted molar refractivity (Wildman–Crippen MR) is 95.0 cm³/mol. The number of aromatic nitrogens is 1. The third-order valence-electron chi connectivity index (χ3n) is 2.90. The molecule has 3 N–H and O–H groups in total. The summed E-state index contributed by atoms with van der Waals surface area (Å²) in [6.07, 6.45) is 1.70. The van der Waals surface area contributed by atoms with Gasteiger partial charge in [-0.2, -0.15) is 0 Å². The average molecular weight is 333 g/mol. The number of nitrogens with two attached hydrogens (primary N) is 1. The smallest absolute Gasteiger partial charge is 0.232 e. The van der Waals surface area contributed by atoms with E-state index in [-0.39, 0.29) is 0 Å². The van der Waals surface area contributed by atoms with Crippen LogP contribution < -0.4 is 15.8 Å². The van der Waals surface area contributed by atoms with Gasteiger partial charge < -0.3 is 15.8 Å². The molecule has 0 aliphatic rings. The number of guanidine groups is 1. The zero-order chi connectivity index (χ0) is 16.7. The van der Waals surface area contributed by atoms with E-state index >= 15 is 0 Å². The molecule has 1 aromatic heterocycles. The molecule has 0 saturated carbocycles. The fourth-order valence-corrected chi connectivity index (χ4v) is 2.03. The Morgan fingerprint density at radius 1 is 1.35 bits per heavy atom. The highest BCUT2D eigenvalue weighted by Gasteiger charge is 2.06. The van der Waals surface area contributed by atoms with Crippen molar-refractivity contribution in [3.8, 4) is 5.88 Å². The van der Waals surface area contributed by atoms with E-state index in [2.05, 4.69) is 29.1 Å². The number of benzene rings is 1. The second-order valence-electron chi connectivity index (χ2n) is 5.53. The van der Waals surface area contributed by atoms with Crippen LogP contribution in [0, 0.1) is 5.92 Å². The van der Waals surface area contributed by atoms with Crippen LogP contribution in [-0.2, 0) is 6.54 Å². The monoisotopic (exact) mass is 332 g/mol. The molecule has 5 nitrogen and oxygen atoms in total. The van der Waals surface area contributed by atoms with Crippen molar-refractivity contribution in [3.63, 3.8) is 0 Å². The highest BCUT2D eigenvalue weighted by Crippen LogP contribution is 2.23. The SMILES string of the molecule is CC(C)COc1ncc(CN=C(N)Nc2ccccc2)cc1Cl. The van der Waals surface area contributed by atoms with E-state index in [0.29, 0.717) is 35.9 Å². The molecule has 0 amide bonds. The molecule has 6 heteroatoms. The standard InChI is InChI=1S/C17H21ClN4O/c1-12(2)11-23-16-15(18)8-13(9-20-16)10-21-17(19)22-14-6-4-3-5-7-14/h3-9,12H,10-11H2,1-2H3,(H3,19,21,22). The number of aliphatic imine (C=N–C) groups is 1. The van der Waals surface area contributed by atoms with E-state index in [9.17, 15) is 0 Å². The highest BCUT2D eigenvalue weighted by atomic mass is 35.5. The summed E-state index contributed by atoms with van der Waals surface area (Å²) in [5.74, 6) is 1.21. The zero-order valence-electron chi connectivity index (χ0n) is 13.3. The summed E-state index contributed by atoms with van der Waals surface area (Å²) in [7, 11) is 0. The lowest BCUT2D eigenvalue weighted by Crippen LogP contribution is -2.22. The quantitative estimate of drug-likeness (QED) is 0.625. The molecule has 0 fully saturated rings. The second kappa shape index (κ2) is 8.39. The van der Waals surface area contributed by atoms with E-state index in [1.165, 1.54) is 0 Å². The van der Waals surface area contributed by atoms with Gasteiger partial charge >= 0.3 is 0 Å². The first-order valence-corrected chi connectivity index (χ1v) is 7.81. The van der Waals surface area contributed by atoms with Gasteiger partial charge in [0, 0.05) is 11.9 Å². The minimum atomic E-state index is 0.340. The first kappa shape index (κ1) is 17.1. The first-order chi connectivity index (χ1) is 11.0. The molecule has 122 valence electrons. The number of rotatable bonds is 6. The topological polar surface area (TPSA) is 72.5 Å². The number of nitrogens with zero attached hydrogens (tertiary/aromatic N) is 2. The number of halogens is 1. The Hall–Kier alpha value is -2.27. The maximum absolute atomic E-state index is 6.18. The lowest BCUT2D eigenvalue weighted by molar-refractivity contribution is 0.261. The molecular weight excluding hydrogens is 312 g/mol. The Kier molecular flexibility index (Phi) is 6.23. The number of hydrogen-bond acceptors (Lipinski definition) is 3. The molecule has 2 aromatic rings. The van der Waals surface area contributed by atoms with Gasteiger partial charge in [-0.05, 0) is 29.7 Å². The molecular formula is C17H21ClN4O. The molecule has 0 aliphatic carbocycles. The van der Waals surface area contributed by atoms with Crippen LogP contribution in [0.1, 0.15) is 19.4 Å². The van der Waals surface area contributed by atoms with Gasteiger partial charge in [0.2, 0.25) is 5.88 Å². The molecule has 0 bridgehead atoms. The number of pyridine rings is 1. The normalized spacial score (nSPS) is 11.6. The van der Waals surface area contributed by atoms with Gasteiger partial charge in [-0.15, -0.1) is 0 Å². The van der Waals surface area contributed by atoms with Gasteiger partial charge in [-0.25, -0.2) is 9.98 Å². The molecule has 0 atom stereocenters. The van der Waals surface area contributed by atoms with Crippen molar-refractivity contribution >= 4 is 23.2 Å². The van der Waals surface area contributed by atoms with Crippen molar-refractivity contribution in [3.05, 3.63) is 53.2 Å². The first-order valence-electron chi connectivity index (χ1n) is 7.44. The summed E-state index contributed by atoms with van der Waals surface area (Å²) in [5, 5.41) is 3.50. The minimum absolute atomic E-state index is 0.340. The van der Waals surface area contributed by atoms with Crippen LogP contribution in [0.4, 0.5) is 5.69 Å². The maximum Gasteiger partial charge on any atom is 0.232 e. The van der Waals surface area contributed by atoms with Crippen molar-refractivity contribution in [1.29, 1.82) is 0 Å². The number of anilines is 1. The third kappa shape index (κ3) is 5.79. The van der Waals surface area contributed by atoms with Crippen LogP contribution in [0.5, 0.6) is 5.88 Å². The molecule has 0 saturated heterocycles. The second-order valence-corrected chi connectivity index (χ2v) is 5.94. The van der Waals surface area contributed by atoms with Crippen molar-refractivity contribution < 1.29 is 4.74 Å². The molecule has 0 unspecified atom stereocenters. The Morgan fingerprint density at radius 3 is 2.74 bits per heavy atom. The van der Waals surface area contributed by atoms with Gasteiger partial charge in [-0.3, -0.25) is 0 Å². The Bertz CT molecular complexity index is 659. The average Bonchev–Trinajstić information content (AvgIpc) is 2.53. The van der Waals surface area contributed by atoms with Gasteiger partial charge in [-0.1, -0.05) is 43.6 Å². The fraction of sp³-hybridized carbons (Fsp3) is 0.294. The summed E-state index contributed by atoms with van der Waals surface area (Å²) in [6.45, 7) is 5.11. The molecule has 1 aromatic carbocycles. The fourth-order valence-electron chi connectivity index (χ4n) is 1.79. The van der Waals surface area contributed by atoms with Gasteiger partial charge in [0.1, 0.15) is 5.02 Å². The molecule has 0 radical (unpaired) electrons. The third-order valence-corrected chi connectivity index (χ3v) is 3.17. The van der Waals surface area contributed by atoms with Crippen molar-refractivity contribution in [2.45, 2.75) is 20.4 Å². The minimum Gasteiger partial charge on any atom is -0.476 e. The lowest BCUT2D eigenvalue weighted by Gasteiger charge is -2.10. The van der Waals surface area contributed by atoms with Gasteiger partial charge in [0.25, 0.3) is 0 Å². The van der Waals surface area contributed by atoms with Crippen molar-refractivity contribution in [2.24, 2.45) is 16.6 Å². The number of hydrogen-bond donors (Lipinski definition) is 2. The summed E-state index contributed by atoms with van der Waals surface area (Å²) >= 11 is 6.18. The lowest BCUT2D eigenvalue weighted by atomic mass is 10.2. The van der Waals surface area contributed by atoms with E-state index in [4.69, 9.17) is 22.1 Å². The number of para-hydroxylation sites is 1. The van der Waals surface area contributed by atoms with E-state index in [1.807, 2.05) is 30.3 Å². The van der Waals surface area contributed by atoms with Crippen LogP contribution in [0.3, 0.4) is 0 Å². The molecule has 0 spiro atoms. The number of ether oxygens (including phenoxy) is 1. The zero-order valence-corrected chi connectivity index (χ0v) is 14.0. The van der Waals surface area contributed by atoms with Crippen LogP contribution >= 0.6 is 11.6 Å². The van der Waals surface area contributed by atoms with E-state index < -0.39 is 0 Å². The largest absolute Gasteiger partial charge is 0.476 e. The Balaban J connectivity index is 1.94. The van der Waals surface area contributed by atoms with E-state index in [1.54, 1.807) is 12.3 Å². The van der Waals surface area contributed by atoms with Crippen molar-refractivity contribution in [2.75, 3.05) is 11.9 Å². The summed E-state index contributed by atoms with van der Waals surface area (Å²) in [6, 6.07) is 11.4. The van der Waals surface area contributed by atoms with E-state index in [0.717, 1.165) is 11.3 Å². The van der Waals surface area contributed by atoms with Crippen molar-refractivity contribution in [1.82, 2.24) is 4.98 Å². The van der Waals surface area contributed by atoms with Crippen LogP contribution in [0.15, 0.2) is 47.6 Å². The Morgan fingerprint density at radius 2 is 2.09 bits per heavy atom. The molecule has 1 heterocycles. The molecule has 0 aliphatic heterocycles. The van der Waals surface area contributed by atoms with Crippen LogP contribution in [0.25, 0.3) is 0 Å². The van der Waals surface area contributed by atoms with Gasteiger partial charge in [0.05, 0.1) is 13.2 Å². The predicted octanol–water partition coefficient (Wildman–Crippen LogP) is 3.70. The number of nitrogens with one attached hydrogen (secondary N) is 1. The van der Waals surface area contributed by atoms with Gasteiger partial charge in [0.15, 0.2) is 5.96 Å². The van der Waals surface area contributed by atoms with Crippen LogP contribution in [0.2, 0.25) is 5.02 Å². The molecule has 23 heavy (non-hydrogen) atoms. The highest BCUT2D eigenvalue weighted by molar-refractivity contribution is 6.31. The van der Waals surface area contributed by atoms with Crippen LogP contribution in [-0.4, -0.2) is 17.6 Å². The molecule has 2 rings (SSSR count). The maximum atomic E-state index is 6.18. The Labute approximate surface area is 141 Å². The summed E-state index contributed by atoms with van der Waals surface area (Å²) in [4.78, 5) is 8.51.